The van der Waals surface area contributed by atoms with E-state index in [9.17, 15) is 4.79 Å². The Morgan fingerprint density at radius 3 is 2.61 bits per heavy atom. The van der Waals surface area contributed by atoms with Gasteiger partial charge >= 0.3 is 0 Å². The monoisotopic (exact) mass is 257 g/mol. The van der Waals surface area contributed by atoms with Crippen molar-refractivity contribution in [3.05, 3.63) is 0 Å². The van der Waals surface area contributed by atoms with Crippen LogP contribution in [0.1, 0.15) is 33.6 Å². The molecule has 1 rings (SSSR count). The minimum absolute atomic E-state index is 0.0786. The van der Waals surface area contributed by atoms with Crippen molar-refractivity contribution in [3.8, 4) is 0 Å². The number of carbonyl (C=O) groups is 1. The maximum atomic E-state index is 12.3. The average molecular weight is 257 g/mol. The Bertz CT molecular complexity index is 263. The summed E-state index contributed by atoms with van der Waals surface area (Å²) in [4.78, 5) is 14.5. The molecule has 1 saturated heterocycles. The van der Waals surface area contributed by atoms with Crippen molar-refractivity contribution < 1.29 is 9.90 Å². The molecule has 18 heavy (non-hydrogen) atoms. The Kier molecular flexibility index (Phi) is 6.05. The Morgan fingerprint density at radius 2 is 2.06 bits per heavy atom. The summed E-state index contributed by atoms with van der Waals surface area (Å²) in [6.07, 6.45) is 1.55. The number of aliphatic hydroxyl groups is 1. The predicted molar refractivity (Wildman–Crippen MR) is 72.4 cm³/mol. The van der Waals surface area contributed by atoms with Gasteiger partial charge in [0, 0.05) is 38.8 Å². The van der Waals surface area contributed by atoms with E-state index in [-0.39, 0.29) is 18.6 Å². The third-order valence-electron chi connectivity index (χ3n) is 3.64. The van der Waals surface area contributed by atoms with Gasteiger partial charge in [-0.05, 0) is 33.6 Å². The van der Waals surface area contributed by atoms with Gasteiger partial charge in [-0.15, -0.1) is 0 Å². The van der Waals surface area contributed by atoms with Crippen molar-refractivity contribution in [2.45, 2.75) is 45.2 Å². The number of aliphatic hydroxyl groups excluding tert-OH is 1. The quantitative estimate of drug-likeness (QED) is 0.624. The molecule has 0 radical (unpaired) electrons. The van der Waals surface area contributed by atoms with Crippen LogP contribution in [0, 0.1) is 0 Å². The smallest absolute Gasteiger partial charge is 0.240 e. The number of nitrogens with zero attached hydrogens (tertiary/aromatic N) is 1. The van der Waals surface area contributed by atoms with Crippen LogP contribution in [-0.4, -0.2) is 60.3 Å². The minimum atomic E-state index is -0.463. The lowest BCUT2D eigenvalue weighted by Crippen LogP contribution is -2.60. The summed E-state index contributed by atoms with van der Waals surface area (Å²) in [5.41, 5.74) is -0.463. The molecular formula is C13H27N3O2. The van der Waals surface area contributed by atoms with E-state index in [1.54, 1.807) is 0 Å². The number of piperazine rings is 1. The molecule has 0 bridgehead atoms. The van der Waals surface area contributed by atoms with E-state index in [1.807, 2.05) is 20.8 Å². The molecule has 5 nitrogen and oxygen atoms in total. The molecule has 1 unspecified atom stereocenters. The zero-order valence-electron chi connectivity index (χ0n) is 11.8. The van der Waals surface area contributed by atoms with Crippen LogP contribution >= 0.6 is 0 Å². The third kappa shape index (κ3) is 4.23. The molecule has 1 heterocycles. The molecule has 0 aromatic carbocycles. The lowest BCUT2D eigenvalue weighted by atomic mass is 9.99. The van der Waals surface area contributed by atoms with Crippen molar-refractivity contribution in [3.63, 3.8) is 0 Å². The fourth-order valence-corrected chi connectivity index (χ4v) is 2.24. The van der Waals surface area contributed by atoms with Crippen molar-refractivity contribution in [2.24, 2.45) is 0 Å². The number of nitrogens with one attached hydrogen (secondary N) is 2. The van der Waals surface area contributed by atoms with Crippen LogP contribution in [0.2, 0.25) is 0 Å². The normalized spacial score (nSPS) is 19.6. The highest BCUT2D eigenvalue weighted by Crippen LogP contribution is 2.15. The number of amides is 1. The van der Waals surface area contributed by atoms with E-state index in [2.05, 4.69) is 15.5 Å². The van der Waals surface area contributed by atoms with Crippen LogP contribution in [0.4, 0.5) is 0 Å². The van der Waals surface area contributed by atoms with Gasteiger partial charge in [0.15, 0.2) is 0 Å². The summed E-state index contributed by atoms with van der Waals surface area (Å²) in [6, 6.07) is 0.117. The second-order valence-electron chi connectivity index (χ2n) is 5.54. The molecule has 0 spiro atoms. The second kappa shape index (κ2) is 7.07. The molecule has 0 aliphatic carbocycles. The summed E-state index contributed by atoms with van der Waals surface area (Å²) in [7, 11) is 0. The zero-order chi connectivity index (χ0) is 13.6. The maximum Gasteiger partial charge on any atom is 0.240 e. The van der Waals surface area contributed by atoms with Crippen LogP contribution in [0.15, 0.2) is 0 Å². The van der Waals surface area contributed by atoms with Crippen LogP contribution in [-0.2, 0) is 4.79 Å². The average Bonchev–Trinajstić information content (AvgIpc) is 2.37. The third-order valence-corrected chi connectivity index (χ3v) is 3.64. The SMILES string of the molecule is CC(CCCO)NC(=O)C(C)(C)N1CCNCC1. The predicted octanol–water partition coefficient (Wildman–Crippen LogP) is -0.0526. The lowest BCUT2D eigenvalue weighted by molar-refractivity contribution is -0.132. The fourth-order valence-electron chi connectivity index (χ4n) is 2.24. The van der Waals surface area contributed by atoms with Gasteiger partial charge in [-0.2, -0.15) is 0 Å². The lowest BCUT2D eigenvalue weighted by Gasteiger charge is -2.40. The summed E-state index contributed by atoms with van der Waals surface area (Å²) >= 11 is 0. The molecule has 1 aliphatic heterocycles. The number of carbonyl (C=O) groups excluding carboxylic acids is 1. The number of hydrogen-bond acceptors (Lipinski definition) is 4. The Hall–Kier alpha value is -0.650. The first-order valence-corrected chi connectivity index (χ1v) is 6.86. The molecule has 0 saturated carbocycles. The Balaban J connectivity index is 2.47. The molecule has 0 aromatic rings. The standard InChI is InChI=1S/C13H27N3O2/c1-11(5-4-10-17)15-12(18)13(2,3)16-8-6-14-7-9-16/h11,14,17H,4-10H2,1-3H3,(H,15,18). The molecule has 1 aliphatic rings. The van der Waals surface area contributed by atoms with E-state index in [0.717, 1.165) is 39.0 Å². The Morgan fingerprint density at radius 1 is 1.44 bits per heavy atom. The van der Waals surface area contributed by atoms with Crippen LogP contribution in [0.25, 0.3) is 0 Å². The van der Waals surface area contributed by atoms with Gasteiger partial charge in [-0.3, -0.25) is 9.69 Å². The minimum Gasteiger partial charge on any atom is -0.396 e. The number of hydrogen-bond donors (Lipinski definition) is 3. The first kappa shape index (κ1) is 15.4. The summed E-state index contributed by atoms with van der Waals surface area (Å²) in [5, 5.41) is 15.1. The highest BCUT2D eigenvalue weighted by Gasteiger charge is 2.35. The molecule has 0 aromatic heterocycles. The molecule has 3 N–H and O–H groups in total. The van der Waals surface area contributed by atoms with Gasteiger partial charge < -0.3 is 15.7 Å². The first-order chi connectivity index (χ1) is 8.48. The van der Waals surface area contributed by atoms with E-state index >= 15 is 0 Å². The van der Waals surface area contributed by atoms with Gasteiger partial charge in [0.1, 0.15) is 0 Å². The maximum absolute atomic E-state index is 12.3. The van der Waals surface area contributed by atoms with Gasteiger partial charge in [-0.1, -0.05) is 0 Å². The molecule has 106 valence electrons. The van der Waals surface area contributed by atoms with E-state index < -0.39 is 5.54 Å². The molecule has 5 heteroatoms. The van der Waals surface area contributed by atoms with Crippen molar-refractivity contribution in [1.29, 1.82) is 0 Å². The Labute approximate surface area is 110 Å². The van der Waals surface area contributed by atoms with E-state index in [4.69, 9.17) is 5.11 Å². The first-order valence-electron chi connectivity index (χ1n) is 6.86. The molecule has 1 atom stereocenters. The van der Waals surface area contributed by atoms with Gasteiger partial charge in [0.25, 0.3) is 0 Å². The van der Waals surface area contributed by atoms with E-state index in [0.29, 0.717) is 0 Å². The highest BCUT2D eigenvalue weighted by molar-refractivity contribution is 5.85. The van der Waals surface area contributed by atoms with Gasteiger partial charge in [0.2, 0.25) is 5.91 Å². The molecular weight excluding hydrogens is 230 g/mol. The van der Waals surface area contributed by atoms with Crippen LogP contribution in [0.3, 0.4) is 0 Å². The fraction of sp³-hybridized carbons (Fsp3) is 0.923. The molecule has 1 fully saturated rings. The van der Waals surface area contributed by atoms with Crippen molar-refractivity contribution >= 4 is 5.91 Å². The highest BCUT2D eigenvalue weighted by atomic mass is 16.3. The molecule has 1 amide bonds. The zero-order valence-corrected chi connectivity index (χ0v) is 11.8. The van der Waals surface area contributed by atoms with Crippen LogP contribution < -0.4 is 10.6 Å². The van der Waals surface area contributed by atoms with Crippen LogP contribution in [0.5, 0.6) is 0 Å². The van der Waals surface area contributed by atoms with Gasteiger partial charge in [0.05, 0.1) is 5.54 Å². The van der Waals surface area contributed by atoms with Crippen molar-refractivity contribution in [2.75, 3.05) is 32.8 Å². The number of rotatable bonds is 6. The second-order valence-corrected chi connectivity index (χ2v) is 5.54. The van der Waals surface area contributed by atoms with Crippen molar-refractivity contribution in [1.82, 2.24) is 15.5 Å². The topological polar surface area (TPSA) is 64.6 Å². The summed E-state index contributed by atoms with van der Waals surface area (Å²) in [5.74, 6) is 0.0786. The van der Waals surface area contributed by atoms with Gasteiger partial charge in [-0.25, -0.2) is 0 Å². The largest absolute Gasteiger partial charge is 0.396 e. The summed E-state index contributed by atoms with van der Waals surface area (Å²) < 4.78 is 0. The summed E-state index contributed by atoms with van der Waals surface area (Å²) in [6.45, 7) is 9.83. The van der Waals surface area contributed by atoms with E-state index in [1.165, 1.54) is 0 Å².